The largest absolute Gasteiger partial charge is 0.385 e. The predicted molar refractivity (Wildman–Crippen MR) is 86.5 cm³/mol. The molecule has 1 N–H and O–H groups in total. The van der Waals surface area contributed by atoms with Crippen LogP contribution in [-0.2, 0) is 12.0 Å². The summed E-state index contributed by atoms with van der Waals surface area (Å²) in [6.07, 6.45) is 0.329. The fourth-order valence-electron chi connectivity index (χ4n) is 2.06. The summed E-state index contributed by atoms with van der Waals surface area (Å²) in [5.41, 5.74) is 0.312. The number of hydrogen-bond donors (Lipinski definition) is 1. The fourth-order valence-corrected chi connectivity index (χ4v) is 3.43. The zero-order valence-corrected chi connectivity index (χ0v) is 14.6. The molecule has 0 aliphatic carbocycles. The van der Waals surface area contributed by atoms with E-state index in [0.29, 0.717) is 21.5 Å². The monoisotopic (exact) mass is 420 g/mol. The van der Waals surface area contributed by atoms with Crippen molar-refractivity contribution in [3.8, 4) is 0 Å². The topological polar surface area (TPSA) is 20.2 Å². The van der Waals surface area contributed by atoms with Crippen molar-refractivity contribution < 1.29 is 9.50 Å². The van der Waals surface area contributed by atoms with E-state index < -0.39 is 5.60 Å². The molecule has 0 aliphatic heterocycles. The zero-order chi connectivity index (χ0) is 14.9. The molecule has 20 heavy (non-hydrogen) atoms. The summed E-state index contributed by atoms with van der Waals surface area (Å²) in [6, 6.07) is 9.76. The first-order valence-electron chi connectivity index (χ1n) is 5.91. The van der Waals surface area contributed by atoms with E-state index in [9.17, 15) is 9.50 Å². The number of aliphatic hydroxyl groups is 1. The molecule has 2 rings (SSSR count). The Morgan fingerprint density at radius 3 is 2.50 bits per heavy atom. The van der Waals surface area contributed by atoms with E-state index in [4.69, 9.17) is 11.6 Å². The average molecular weight is 423 g/mol. The van der Waals surface area contributed by atoms with Crippen LogP contribution in [0.15, 0.2) is 45.3 Å². The van der Waals surface area contributed by atoms with Crippen molar-refractivity contribution in [1.29, 1.82) is 0 Å². The maximum absolute atomic E-state index is 13.1. The average Bonchev–Trinajstić information content (AvgIpc) is 2.32. The van der Waals surface area contributed by atoms with Gasteiger partial charge in [-0.15, -0.1) is 0 Å². The van der Waals surface area contributed by atoms with Crippen LogP contribution in [0.25, 0.3) is 0 Å². The lowest BCUT2D eigenvalue weighted by atomic mass is 9.89. The molecule has 0 radical (unpaired) electrons. The summed E-state index contributed by atoms with van der Waals surface area (Å²) in [5.74, 6) is -0.318. The van der Waals surface area contributed by atoms with Crippen LogP contribution in [0.5, 0.6) is 0 Å². The van der Waals surface area contributed by atoms with Gasteiger partial charge in [-0.25, -0.2) is 4.39 Å². The fraction of sp³-hybridized carbons (Fsp3) is 0.200. The first-order chi connectivity index (χ1) is 9.29. The molecule has 0 saturated carbocycles. The second kappa shape index (κ2) is 6.14. The first-order valence-corrected chi connectivity index (χ1v) is 7.88. The van der Waals surface area contributed by atoms with Crippen molar-refractivity contribution in [2.75, 3.05) is 0 Å². The third kappa shape index (κ3) is 3.61. The van der Waals surface area contributed by atoms with Gasteiger partial charge in [-0.05, 0) is 36.8 Å². The molecule has 0 fully saturated rings. The smallest absolute Gasteiger partial charge is 0.124 e. The van der Waals surface area contributed by atoms with Gasteiger partial charge in [-0.2, -0.15) is 0 Å². The zero-order valence-electron chi connectivity index (χ0n) is 10.6. The summed E-state index contributed by atoms with van der Waals surface area (Å²) in [6.45, 7) is 1.69. The van der Waals surface area contributed by atoms with Gasteiger partial charge in [0.05, 0.1) is 5.60 Å². The van der Waals surface area contributed by atoms with Gasteiger partial charge in [0, 0.05) is 26.0 Å². The van der Waals surface area contributed by atoms with Crippen LogP contribution in [-0.4, -0.2) is 5.11 Å². The van der Waals surface area contributed by atoms with E-state index in [1.165, 1.54) is 12.1 Å². The lowest BCUT2D eigenvalue weighted by Gasteiger charge is -2.26. The Hall–Kier alpha value is -0.420. The van der Waals surface area contributed by atoms with Gasteiger partial charge in [0.15, 0.2) is 0 Å². The molecule has 2 aromatic rings. The van der Waals surface area contributed by atoms with Crippen molar-refractivity contribution in [2.24, 2.45) is 0 Å². The Balaban J connectivity index is 2.35. The molecule has 1 atom stereocenters. The van der Waals surface area contributed by atoms with E-state index in [2.05, 4.69) is 31.9 Å². The van der Waals surface area contributed by atoms with Crippen LogP contribution < -0.4 is 0 Å². The van der Waals surface area contributed by atoms with Crippen LogP contribution in [0, 0.1) is 5.82 Å². The molecule has 0 aromatic heterocycles. The summed E-state index contributed by atoms with van der Waals surface area (Å²) < 4.78 is 14.6. The molecule has 106 valence electrons. The maximum Gasteiger partial charge on any atom is 0.124 e. The second-order valence-corrected chi connectivity index (χ2v) is 6.99. The highest BCUT2D eigenvalue weighted by Crippen LogP contribution is 2.34. The SMILES string of the molecule is CC(O)(Cc1ccc(F)cc1Br)c1ccc(Br)cc1Cl. The summed E-state index contributed by atoms with van der Waals surface area (Å²) in [5, 5.41) is 11.2. The van der Waals surface area contributed by atoms with E-state index in [0.717, 1.165) is 10.0 Å². The van der Waals surface area contributed by atoms with E-state index in [1.807, 2.05) is 6.07 Å². The highest BCUT2D eigenvalue weighted by Gasteiger charge is 2.27. The number of hydrogen-bond acceptors (Lipinski definition) is 1. The Bertz CT molecular complexity index is 644. The molecule has 0 bridgehead atoms. The van der Waals surface area contributed by atoms with E-state index >= 15 is 0 Å². The molecule has 0 aliphatic rings. The molecule has 0 spiro atoms. The number of halogens is 4. The van der Waals surface area contributed by atoms with Gasteiger partial charge in [-0.1, -0.05) is 55.6 Å². The first kappa shape index (κ1) is 16.0. The predicted octanol–water partition coefficient (Wildman–Crippen LogP) is 5.45. The Labute approximate surface area is 139 Å². The minimum absolute atomic E-state index is 0.318. The summed E-state index contributed by atoms with van der Waals surface area (Å²) >= 11 is 12.8. The highest BCUT2D eigenvalue weighted by atomic mass is 79.9. The van der Waals surface area contributed by atoms with Crippen molar-refractivity contribution in [2.45, 2.75) is 18.9 Å². The third-order valence-corrected chi connectivity index (χ3v) is 4.61. The molecule has 5 heteroatoms. The number of benzene rings is 2. The molecule has 1 nitrogen and oxygen atoms in total. The third-order valence-electron chi connectivity index (χ3n) is 3.06. The normalized spacial score (nSPS) is 14.1. The number of rotatable bonds is 3. The van der Waals surface area contributed by atoms with Crippen molar-refractivity contribution >= 4 is 43.5 Å². The molecule has 0 heterocycles. The van der Waals surface area contributed by atoms with Crippen molar-refractivity contribution in [3.63, 3.8) is 0 Å². The van der Waals surface area contributed by atoms with Gasteiger partial charge in [0.2, 0.25) is 0 Å². The standard InChI is InChI=1S/C15H12Br2ClFO/c1-15(20,12-5-3-10(16)6-14(12)18)8-9-2-4-11(19)7-13(9)17/h2-7,20H,8H2,1H3. The summed E-state index contributed by atoms with van der Waals surface area (Å²) in [7, 11) is 0. The van der Waals surface area contributed by atoms with Crippen LogP contribution in [0.2, 0.25) is 5.02 Å². The molecule has 1 unspecified atom stereocenters. The maximum atomic E-state index is 13.1. The summed E-state index contributed by atoms with van der Waals surface area (Å²) in [4.78, 5) is 0. The van der Waals surface area contributed by atoms with Crippen molar-refractivity contribution in [3.05, 3.63) is 67.3 Å². The molecule has 0 saturated heterocycles. The van der Waals surface area contributed by atoms with Crippen LogP contribution in [0.1, 0.15) is 18.1 Å². The van der Waals surface area contributed by atoms with Gasteiger partial charge in [0.25, 0.3) is 0 Å². The minimum atomic E-state index is -1.14. The Kier molecular flexibility index (Phi) is 4.90. The quantitative estimate of drug-likeness (QED) is 0.697. The van der Waals surface area contributed by atoms with E-state index in [-0.39, 0.29) is 5.82 Å². The highest BCUT2D eigenvalue weighted by molar-refractivity contribution is 9.10. The second-order valence-electron chi connectivity index (χ2n) is 4.81. The minimum Gasteiger partial charge on any atom is -0.385 e. The molecule has 0 amide bonds. The molecular formula is C15H12Br2ClFO. The van der Waals surface area contributed by atoms with E-state index in [1.54, 1.807) is 25.1 Å². The van der Waals surface area contributed by atoms with Gasteiger partial charge < -0.3 is 5.11 Å². The van der Waals surface area contributed by atoms with Crippen LogP contribution >= 0.6 is 43.5 Å². The lowest BCUT2D eigenvalue weighted by molar-refractivity contribution is 0.0575. The van der Waals surface area contributed by atoms with Gasteiger partial charge >= 0.3 is 0 Å². The molecular weight excluding hydrogens is 410 g/mol. The van der Waals surface area contributed by atoms with Crippen molar-refractivity contribution in [1.82, 2.24) is 0 Å². The molecule has 2 aromatic carbocycles. The van der Waals surface area contributed by atoms with Gasteiger partial charge in [0.1, 0.15) is 5.82 Å². The van der Waals surface area contributed by atoms with Crippen LogP contribution in [0.3, 0.4) is 0 Å². The Morgan fingerprint density at radius 2 is 1.90 bits per heavy atom. The van der Waals surface area contributed by atoms with Gasteiger partial charge in [-0.3, -0.25) is 0 Å². The Morgan fingerprint density at radius 1 is 1.20 bits per heavy atom. The lowest BCUT2D eigenvalue weighted by Crippen LogP contribution is -2.25. The van der Waals surface area contributed by atoms with Crippen LogP contribution in [0.4, 0.5) is 4.39 Å².